The molecule has 0 aliphatic heterocycles. The van der Waals surface area contributed by atoms with Crippen molar-refractivity contribution < 1.29 is 4.79 Å². The number of nitriles is 1. The van der Waals surface area contributed by atoms with E-state index in [1.54, 1.807) is 0 Å². The molecule has 170 valence electrons. The second kappa shape index (κ2) is 10.4. The maximum absolute atomic E-state index is 13.0. The first-order valence-electron chi connectivity index (χ1n) is 11.1. The maximum Gasteiger partial charge on any atom is 0.234 e. The van der Waals surface area contributed by atoms with Crippen molar-refractivity contribution in [3.63, 3.8) is 0 Å². The summed E-state index contributed by atoms with van der Waals surface area (Å²) in [6.45, 7) is 1.84. The van der Waals surface area contributed by atoms with Crippen LogP contribution in [-0.2, 0) is 11.2 Å². The minimum absolute atomic E-state index is 0.154. The lowest BCUT2D eigenvalue weighted by molar-refractivity contribution is -0.121. The number of thioether (sulfide) groups is 1. The molecule has 1 fully saturated rings. The molecule has 1 aliphatic rings. The Hall–Kier alpha value is -2.82. The van der Waals surface area contributed by atoms with Gasteiger partial charge in [-0.3, -0.25) is 9.36 Å². The first kappa shape index (κ1) is 23.3. The van der Waals surface area contributed by atoms with Crippen LogP contribution in [0.1, 0.15) is 50.4 Å². The van der Waals surface area contributed by atoms with Crippen LogP contribution in [0.25, 0.3) is 5.69 Å². The second-order valence-corrected chi connectivity index (χ2v) is 10.1. The van der Waals surface area contributed by atoms with Crippen LogP contribution in [0, 0.1) is 11.3 Å². The molecule has 0 bridgehead atoms. The van der Waals surface area contributed by atoms with Crippen LogP contribution < -0.4 is 5.32 Å². The zero-order valence-corrected chi connectivity index (χ0v) is 20.1. The molecule has 1 N–H and O–H groups in total. The Morgan fingerprint density at radius 3 is 2.52 bits per heavy atom. The first-order chi connectivity index (χ1) is 16.0. The van der Waals surface area contributed by atoms with Gasteiger partial charge in [0.05, 0.1) is 11.3 Å². The number of nitrogens with one attached hydrogen (secondary N) is 1. The average molecular weight is 480 g/mol. The zero-order valence-electron chi connectivity index (χ0n) is 18.5. The van der Waals surface area contributed by atoms with E-state index < -0.39 is 10.8 Å². The highest BCUT2D eigenvalue weighted by atomic mass is 35.5. The highest BCUT2D eigenvalue weighted by Crippen LogP contribution is 2.30. The number of nitrogens with zero attached hydrogens (tertiary/aromatic N) is 4. The quantitative estimate of drug-likeness (QED) is 0.463. The van der Waals surface area contributed by atoms with Crippen LogP contribution in [0.5, 0.6) is 0 Å². The Bertz CT molecular complexity index is 1130. The molecule has 3 aromatic rings. The van der Waals surface area contributed by atoms with Gasteiger partial charge >= 0.3 is 0 Å². The predicted octanol–water partition coefficient (Wildman–Crippen LogP) is 5.33. The lowest BCUT2D eigenvalue weighted by Gasteiger charge is -2.32. The highest BCUT2D eigenvalue weighted by molar-refractivity contribution is 8.00. The Morgan fingerprint density at radius 2 is 1.85 bits per heavy atom. The number of carbonyl (C=O) groups is 1. The van der Waals surface area contributed by atoms with Gasteiger partial charge in [0, 0.05) is 17.1 Å². The molecular weight excluding hydrogens is 454 g/mol. The molecule has 2 aromatic carbocycles. The zero-order chi connectivity index (χ0) is 23.3. The van der Waals surface area contributed by atoms with E-state index in [1.165, 1.54) is 11.8 Å². The Balaban J connectivity index is 1.58. The van der Waals surface area contributed by atoms with Gasteiger partial charge in [-0.2, -0.15) is 5.26 Å². The van der Waals surface area contributed by atoms with E-state index >= 15 is 0 Å². The SMILES string of the molecule is CC(Sc1nnc(Cc2ccccc2)n1-c1ccc(Cl)cc1)C(=O)NC1(C#N)CCCCC1. The molecule has 1 heterocycles. The van der Waals surface area contributed by atoms with Gasteiger partial charge in [0.25, 0.3) is 0 Å². The number of benzene rings is 2. The molecule has 1 aliphatic carbocycles. The number of hydrogen-bond donors (Lipinski definition) is 1. The maximum atomic E-state index is 13.0. The largest absolute Gasteiger partial charge is 0.337 e. The molecular formula is C25H26ClN5OS. The van der Waals surface area contributed by atoms with Gasteiger partial charge in [0.2, 0.25) is 5.91 Å². The van der Waals surface area contributed by atoms with Crippen molar-refractivity contribution >= 4 is 29.3 Å². The van der Waals surface area contributed by atoms with E-state index in [1.807, 2.05) is 54.0 Å². The lowest BCUT2D eigenvalue weighted by Crippen LogP contribution is -2.51. The number of hydrogen-bond acceptors (Lipinski definition) is 5. The van der Waals surface area contributed by atoms with Crippen molar-refractivity contribution in [3.05, 3.63) is 71.0 Å². The molecule has 8 heteroatoms. The van der Waals surface area contributed by atoms with Gasteiger partial charge in [-0.05, 0) is 49.6 Å². The summed E-state index contributed by atoms with van der Waals surface area (Å²) in [7, 11) is 0. The molecule has 1 unspecified atom stereocenters. The van der Waals surface area contributed by atoms with Crippen LogP contribution in [0.2, 0.25) is 5.02 Å². The fraction of sp³-hybridized carbons (Fsp3) is 0.360. The van der Waals surface area contributed by atoms with Crippen LogP contribution in [-0.4, -0.2) is 31.5 Å². The molecule has 1 aromatic heterocycles. The van der Waals surface area contributed by atoms with Crippen LogP contribution in [0.3, 0.4) is 0 Å². The average Bonchev–Trinajstić information content (AvgIpc) is 3.22. The summed E-state index contributed by atoms with van der Waals surface area (Å²) < 4.78 is 1.97. The third kappa shape index (κ3) is 5.58. The summed E-state index contributed by atoms with van der Waals surface area (Å²) in [6, 6.07) is 19.9. The molecule has 33 heavy (non-hydrogen) atoms. The monoisotopic (exact) mass is 479 g/mol. The van der Waals surface area contributed by atoms with Crippen molar-refractivity contribution in [3.8, 4) is 11.8 Å². The number of halogens is 1. The van der Waals surface area contributed by atoms with Gasteiger partial charge in [0.1, 0.15) is 11.4 Å². The van der Waals surface area contributed by atoms with Crippen molar-refractivity contribution in [1.29, 1.82) is 5.26 Å². The lowest BCUT2D eigenvalue weighted by atomic mass is 9.83. The van der Waals surface area contributed by atoms with E-state index in [2.05, 4.69) is 33.7 Å². The number of aromatic nitrogens is 3. The summed E-state index contributed by atoms with van der Waals surface area (Å²) in [5.41, 5.74) is 1.24. The Kier molecular flexibility index (Phi) is 7.36. The first-order valence-corrected chi connectivity index (χ1v) is 12.4. The molecule has 1 amide bonds. The van der Waals surface area contributed by atoms with E-state index in [0.29, 0.717) is 29.4 Å². The van der Waals surface area contributed by atoms with Gasteiger partial charge in [0.15, 0.2) is 5.16 Å². The minimum atomic E-state index is -0.757. The standard InChI is InChI=1S/C25H26ClN5OS/c1-18(23(32)28-25(17-27)14-6-3-7-15-25)33-24-30-29-22(16-19-8-4-2-5-9-19)31(24)21-12-10-20(26)11-13-21/h2,4-5,8-13,18H,3,6-7,14-16H2,1H3,(H,28,32). The summed E-state index contributed by atoms with van der Waals surface area (Å²) in [4.78, 5) is 13.0. The molecule has 1 saturated carbocycles. The molecule has 0 radical (unpaired) electrons. The number of carbonyl (C=O) groups excluding carboxylic acids is 1. The summed E-state index contributed by atoms with van der Waals surface area (Å²) in [5.74, 6) is 0.623. The van der Waals surface area contributed by atoms with Crippen molar-refractivity contribution in [2.45, 2.75) is 61.4 Å². The van der Waals surface area contributed by atoms with E-state index in [0.717, 1.165) is 36.3 Å². The molecule has 1 atom stereocenters. The van der Waals surface area contributed by atoms with E-state index in [4.69, 9.17) is 11.6 Å². The fourth-order valence-corrected chi connectivity index (χ4v) is 5.10. The fourth-order valence-electron chi connectivity index (χ4n) is 4.09. The summed E-state index contributed by atoms with van der Waals surface area (Å²) >= 11 is 7.44. The van der Waals surface area contributed by atoms with Crippen molar-refractivity contribution in [1.82, 2.24) is 20.1 Å². The van der Waals surface area contributed by atoms with Crippen LogP contribution in [0.15, 0.2) is 59.8 Å². The van der Waals surface area contributed by atoms with Gasteiger partial charge in [-0.1, -0.05) is 73.0 Å². The molecule has 6 nitrogen and oxygen atoms in total. The third-order valence-electron chi connectivity index (χ3n) is 5.93. The summed E-state index contributed by atoms with van der Waals surface area (Å²) in [5, 5.41) is 22.4. The number of rotatable bonds is 7. The second-order valence-electron chi connectivity index (χ2n) is 8.38. The highest BCUT2D eigenvalue weighted by Gasteiger charge is 2.35. The smallest absolute Gasteiger partial charge is 0.234 e. The topological polar surface area (TPSA) is 83.6 Å². The van der Waals surface area contributed by atoms with Gasteiger partial charge < -0.3 is 5.32 Å². The predicted molar refractivity (Wildman–Crippen MR) is 131 cm³/mol. The molecule has 0 spiro atoms. The van der Waals surface area contributed by atoms with Crippen molar-refractivity contribution in [2.75, 3.05) is 0 Å². The normalized spacial score (nSPS) is 16.0. The number of amides is 1. The minimum Gasteiger partial charge on any atom is -0.337 e. The van der Waals surface area contributed by atoms with E-state index in [9.17, 15) is 10.1 Å². The van der Waals surface area contributed by atoms with Gasteiger partial charge in [-0.15, -0.1) is 10.2 Å². The van der Waals surface area contributed by atoms with Gasteiger partial charge in [-0.25, -0.2) is 0 Å². The Morgan fingerprint density at radius 1 is 1.15 bits per heavy atom. The molecule has 0 saturated heterocycles. The van der Waals surface area contributed by atoms with Crippen molar-refractivity contribution in [2.24, 2.45) is 0 Å². The van der Waals surface area contributed by atoms with Crippen LogP contribution >= 0.6 is 23.4 Å². The summed E-state index contributed by atoms with van der Waals surface area (Å²) in [6.07, 6.45) is 5.04. The van der Waals surface area contributed by atoms with E-state index in [-0.39, 0.29) is 5.91 Å². The van der Waals surface area contributed by atoms with Crippen LogP contribution in [0.4, 0.5) is 0 Å². The molecule has 4 rings (SSSR count). The third-order valence-corrected chi connectivity index (χ3v) is 7.22. The Labute approximate surface area is 203 Å².